The monoisotopic (exact) mass is 406 g/mol. The Morgan fingerprint density at radius 3 is 2.70 bits per heavy atom. The number of nitrogens with zero attached hydrogens (tertiary/aromatic N) is 2. The number of likely N-dealkylation sites (N-methyl/N-ethyl adjacent to an activating group) is 1. The maximum absolute atomic E-state index is 12.6. The van der Waals surface area contributed by atoms with E-state index >= 15 is 0 Å². The lowest BCUT2D eigenvalue weighted by Crippen LogP contribution is -2.35. The van der Waals surface area contributed by atoms with Gasteiger partial charge in [-0.15, -0.1) is 0 Å². The quantitative estimate of drug-likeness (QED) is 0.662. The van der Waals surface area contributed by atoms with Gasteiger partial charge in [-0.2, -0.15) is 0 Å². The molecule has 0 aromatic heterocycles. The Morgan fingerprint density at radius 2 is 1.90 bits per heavy atom. The van der Waals surface area contributed by atoms with Crippen LogP contribution in [-0.4, -0.2) is 51.7 Å². The topological polar surface area (TPSA) is 42.0 Å². The molecule has 1 atom stereocenters. The van der Waals surface area contributed by atoms with Gasteiger partial charge in [-0.3, -0.25) is 4.79 Å². The fourth-order valence-electron chi connectivity index (χ4n) is 4.52. The van der Waals surface area contributed by atoms with Crippen LogP contribution in [0.2, 0.25) is 0 Å². The molecule has 30 heavy (non-hydrogen) atoms. The molecule has 2 aliphatic rings. The van der Waals surface area contributed by atoms with Crippen LogP contribution < -0.4 is 14.4 Å². The summed E-state index contributed by atoms with van der Waals surface area (Å²) < 4.78 is 10.9. The third-order valence-corrected chi connectivity index (χ3v) is 6.12. The second-order valence-corrected chi connectivity index (χ2v) is 8.13. The summed E-state index contributed by atoms with van der Waals surface area (Å²) in [5.74, 6) is 2.30. The van der Waals surface area contributed by atoms with Crippen molar-refractivity contribution in [3.63, 3.8) is 0 Å². The number of carbonyl (C=O) groups is 1. The molecule has 2 aromatic rings. The van der Waals surface area contributed by atoms with Gasteiger partial charge in [-0.05, 0) is 61.3 Å². The molecule has 5 nitrogen and oxygen atoms in total. The molecule has 0 fully saturated rings. The zero-order valence-electron chi connectivity index (χ0n) is 18.1. The smallest absolute Gasteiger partial charge is 0.230 e. The zero-order valence-corrected chi connectivity index (χ0v) is 18.1. The standard InChI is InChI=1S/C25H30N2O3/c1-26(17-20-14-19-15-23(29-2)24(30-3)16-21(19)20)12-7-13-27-22-10-5-4-8-18(22)9-6-11-25(27)28/h4-6,8-10,15-16,20H,7,11-14,17H2,1-3H3/t20-/m0/s1. The molecule has 2 aromatic carbocycles. The Morgan fingerprint density at radius 1 is 1.13 bits per heavy atom. The Labute approximate surface area is 178 Å². The van der Waals surface area contributed by atoms with Crippen LogP contribution in [0.3, 0.4) is 0 Å². The number of fused-ring (bicyclic) bond motifs is 2. The number of para-hydroxylation sites is 1. The molecule has 5 heteroatoms. The van der Waals surface area contributed by atoms with Crippen LogP contribution in [0.5, 0.6) is 11.5 Å². The van der Waals surface area contributed by atoms with E-state index in [0.717, 1.165) is 55.2 Å². The van der Waals surface area contributed by atoms with Crippen molar-refractivity contribution in [1.82, 2.24) is 4.90 Å². The molecule has 1 heterocycles. The summed E-state index contributed by atoms with van der Waals surface area (Å²) in [5.41, 5.74) is 4.85. The number of methoxy groups -OCH3 is 2. The third kappa shape index (κ3) is 4.08. The molecule has 1 aliphatic heterocycles. The second-order valence-electron chi connectivity index (χ2n) is 8.13. The molecule has 1 aliphatic carbocycles. The molecule has 0 N–H and O–H groups in total. The highest BCUT2D eigenvalue weighted by molar-refractivity contribution is 5.98. The summed E-state index contributed by atoms with van der Waals surface area (Å²) in [7, 11) is 5.53. The average molecular weight is 407 g/mol. The predicted molar refractivity (Wildman–Crippen MR) is 121 cm³/mol. The van der Waals surface area contributed by atoms with Crippen molar-refractivity contribution >= 4 is 17.7 Å². The fourth-order valence-corrected chi connectivity index (χ4v) is 4.52. The van der Waals surface area contributed by atoms with Crippen molar-refractivity contribution in [2.45, 2.75) is 25.2 Å². The summed E-state index contributed by atoms with van der Waals surface area (Å²) >= 11 is 0. The van der Waals surface area contributed by atoms with Crippen LogP contribution in [0.15, 0.2) is 42.5 Å². The molecule has 4 rings (SSSR count). The third-order valence-electron chi connectivity index (χ3n) is 6.12. The minimum absolute atomic E-state index is 0.174. The normalized spacial score (nSPS) is 17.3. The van der Waals surface area contributed by atoms with E-state index < -0.39 is 0 Å². The zero-order chi connectivity index (χ0) is 21.1. The van der Waals surface area contributed by atoms with Crippen molar-refractivity contribution in [3.05, 3.63) is 59.2 Å². The second kappa shape index (κ2) is 8.92. The minimum atomic E-state index is 0.174. The Hall–Kier alpha value is -2.79. The lowest BCUT2D eigenvalue weighted by Gasteiger charge is -2.34. The van der Waals surface area contributed by atoms with Crippen LogP contribution in [0.4, 0.5) is 5.69 Å². The summed E-state index contributed by atoms with van der Waals surface area (Å²) in [6, 6.07) is 12.4. The summed E-state index contributed by atoms with van der Waals surface area (Å²) in [4.78, 5) is 16.9. The largest absolute Gasteiger partial charge is 0.493 e. The Bertz CT molecular complexity index is 953. The maximum Gasteiger partial charge on any atom is 0.230 e. The maximum atomic E-state index is 12.6. The number of rotatable bonds is 8. The van der Waals surface area contributed by atoms with E-state index in [1.807, 2.05) is 29.2 Å². The SMILES string of the molecule is COc1cc2c(cc1OC)[C@H](CN(C)CCCN1C(=O)CC=Cc3ccccc31)C2. The minimum Gasteiger partial charge on any atom is -0.493 e. The molecular weight excluding hydrogens is 376 g/mol. The number of anilines is 1. The number of hydrogen-bond donors (Lipinski definition) is 0. The van der Waals surface area contributed by atoms with E-state index in [-0.39, 0.29) is 5.91 Å². The predicted octanol–water partition coefficient (Wildman–Crippen LogP) is 4.12. The Kier molecular flexibility index (Phi) is 6.09. The molecule has 158 valence electrons. The molecule has 0 unspecified atom stereocenters. The van der Waals surface area contributed by atoms with Crippen molar-refractivity contribution in [1.29, 1.82) is 0 Å². The van der Waals surface area contributed by atoms with Crippen LogP contribution in [0, 0.1) is 0 Å². The van der Waals surface area contributed by atoms with Gasteiger partial charge in [0.05, 0.1) is 19.9 Å². The lowest BCUT2D eigenvalue weighted by atomic mass is 9.77. The van der Waals surface area contributed by atoms with Crippen molar-refractivity contribution in [2.24, 2.45) is 0 Å². The van der Waals surface area contributed by atoms with Gasteiger partial charge in [0.15, 0.2) is 11.5 Å². The van der Waals surface area contributed by atoms with E-state index in [0.29, 0.717) is 12.3 Å². The van der Waals surface area contributed by atoms with Crippen LogP contribution in [0.1, 0.15) is 35.4 Å². The fraction of sp³-hybridized carbons (Fsp3) is 0.400. The Balaban J connectivity index is 1.32. The highest BCUT2D eigenvalue weighted by Gasteiger charge is 2.29. The molecule has 0 spiro atoms. The lowest BCUT2D eigenvalue weighted by molar-refractivity contribution is -0.117. The molecular formula is C25H30N2O3. The average Bonchev–Trinajstić information content (AvgIpc) is 2.90. The number of amides is 1. The molecule has 0 saturated heterocycles. The van der Waals surface area contributed by atoms with Gasteiger partial charge in [-0.1, -0.05) is 30.4 Å². The first-order valence-electron chi connectivity index (χ1n) is 10.6. The van der Waals surface area contributed by atoms with Crippen LogP contribution in [0.25, 0.3) is 6.08 Å². The van der Waals surface area contributed by atoms with E-state index in [1.54, 1.807) is 14.2 Å². The summed E-state index contributed by atoms with van der Waals surface area (Å²) in [6.07, 6.45) is 6.50. The number of ether oxygens (including phenoxy) is 2. The van der Waals surface area contributed by atoms with Crippen molar-refractivity contribution in [2.75, 3.05) is 45.8 Å². The van der Waals surface area contributed by atoms with E-state index in [2.05, 4.69) is 36.2 Å². The van der Waals surface area contributed by atoms with Crippen LogP contribution >= 0.6 is 0 Å². The number of carbonyl (C=O) groups excluding carboxylic acids is 1. The summed E-state index contributed by atoms with van der Waals surface area (Å²) in [5, 5.41) is 0. The van der Waals surface area contributed by atoms with E-state index in [9.17, 15) is 4.79 Å². The van der Waals surface area contributed by atoms with Crippen LogP contribution in [-0.2, 0) is 11.2 Å². The summed E-state index contributed by atoms with van der Waals surface area (Å²) in [6.45, 7) is 2.71. The van der Waals surface area contributed by atoms with Gasteiger partial charge < -0.3 is 19.3 Å². The first-order chi connectivity index (χ1) is 14.6. The number of hydrogen-bond acceptors (Lipinski definition) is 4. The van der Waals surface area contributed by atoms with Crippen molar-refractivity contribution in [3.8, 4) is 11.5 Å². The number of benzene rings is 2. The molecule has 0 bridgehead atoms. The van der Waals surface area contributed by atoms with Gasteiger partial charge >= 0.3 is 0 Å². The highest BCUT2D eigenvalue weighted by atomic mass is 16.5. The van der Waals surface area contributed by atoms with Gasteiger partial charge in [0.25, 0.3) is 0 Å². The highest BCUT2D eigenvalue weighted by Crippen LogP contribution is 2.42. The van der Waals surface area contributed by atoms with E-state index in [1.165, 1.54) is 11.1 Å². The first-order valence-corrected chi connectivity index (χ1v) is 10.6. The van der Waals surface area contributed by atoms with Gasteiger partial charge in [0.2, 0.25) is 5.91 Å². The molecule has 1 amide bonds. The van der Waals surface area contributed by atoms with Gasteiger partial charge in [0.1, 0.15) is 0 Å². The molecule has 0 radical (unpaired) electrons. The van der Waals surface area contributed by atoms with Gasteiger partial charge in [-0.25, -0.2) is 0 Å². The van der Waals surface area contributed by atoms with Crippen molar-refractivity contribution < 1.29 is 14.3 Å². The van der Waals surface area contributed by atoms with E-state index in [4.69, 9.17) is 9.47 Å². The first kappa shape index (κ1) is 20.5. The van der Waals surface area contributed by atoms with Gasteiger partial charge in [0, 0.05) is 25.4 Å². The molecule has 0 saturated carbocycles.